The topological polar surface area (TPSA) is 56.3 Å². The Balaban J connectivity index is 1.80. The van der Waals surface area contributed by atoms with E-state index in [-0.39, 0.29) is 17.4 Å². The summed E-state index contributed by atoms with van der Waals surface area (Å²) in [5.41, 5.74) is 1.00. The van der Waals surface area contributed by atoms with Crippen molar-refractivity contribution in [3.05, 3.63) is 29.8 Å². The highest BCUT2D eigenvalue weighted by molar-refractivity contribution is 5.80. The van der Waals surface area contributed by atoms with Crippen molar-refractivity contribution in [1.82, 2.24) is 19.6 Å². The van der Waals surface area contributed by atoms with Crippen LogP contribution in [0.2, 0.25) is 0 Å². The minimum absolute atomic E-state index is 0.0214. The van der Waals surface area contributed by atoms with Crippen molar-refractivity contribution in [3.8, 4) is 5.75 Å². The molecule has 0 saturated carbocycles. The van der Waals surface area contributed by atoms with Gasteiger partial charge in [-0.1, -0.05) is 12.1 Å². The van der Waals surface area contributed by atoms with Gasteiger partial charge in [0, 0.05) is 71.7 Å². The van der Waals surface area contributed by atoms with E-state index in [1.165, 1.54) is 5.56 Å². The molecule has 1 spiro atoms. The number of carbonyl (C=O) groups excluding carboxylic acids is 2. The van der Waals surface area contributed by atoms with Gasteiger partial charge in [-0.25, -0.2) is 4.79 Å². The molecule has 2 fully saturated rings. The summed E-state index contributed by atoms with van der Waals surface area (Å²) in [4.78, 5) is 33.1. The molecule has 2 aliphatic rings. The maximum Gasteiger partial charge on any atom is 0.319 e. The molecule has 3 rings (SSSR count). The van der Waals surface area contributed by atoms with Gasteiger partial charge in [-0.15, -0.1) is 0 Å². The normalized spacial score (nSPS) is 23.2. The molecule has 154 valence electrons. The highest BCUT2D eigenvalue weighted by Gasteiger charge is 2.46. The summed E-state index contributed by atoms with van der Waals surface area (Å²) in [5, 5.41) is 0. The number of methoxy groups -OCH3 is 1. The fraction of sp³-hybridized carbons (Fsp3) is 0.619. The van der Waals surface area contributed by atoms with Crippen LogP contribution in [0.3, 0.4) is 0 Å². The van der Waals surface area contributed by atoms with E-state index in [1.807, 2.05) is 28.9 Å². The van der Waals surface area contributed by atoms with Crippen LogP contribution in [0.15, 0.2) is 24.3 Å². The van der Waals surface area contributed by atoms with Crippen molar-refractivity contribution in [2.75, 3.05) is 60.5 Å². The first-order chi connectivity index (χ1) is 13.4. The molecule has 0 aromatic heterocycles. The number of nitrogens with zero attached hydrogens (tertiary/aromatic N) is 4. The average molecular weight is 389 g/mol. The monoisotopic (exact) mass is 388 g/mol. The molecule has 0 bridgehead atoms. The van der Waals surface area contributed by atoms with Gasteiger partial charge in [0.05, 0.1) is 7.11 Å². The number of urea groups is 1. The maximum atomic E-state index is 12.7. The summed E-state index contributed by atoms with van der Waals surface area (Å²) in [6.07, 6.45) is 0.511. The Morgan fingerprint density at radius 1 is 1.14 bits per heavy atom. The molecule has 1 aromatic rings. The Labute approximate surface area is 167 Å². The van der Waals surface area contributed by atoms with E-state index in [0.29, 0.717) is 19.5 Å². The van der Waals surface area contributed by atoms with Crippen molar-refractivity contribution >= 4 is 11.9 Å². The van der Waals surface area contributed by atoms with Gasteiger partial charge in [0.15, 0.2) is 0 Å². The zero-order valence-electron chi connectivity index (χ0n) is 17.5. The number of likely N-dealkylation sites (tertiary alicyclic amines) is 1. The van der Waals surface area contributed by atoms with Gasteiger partial charge < -0.3 is 19.4 Å². The second-order valence-electron chi connectivity index (χ2n) is 8.24. The lowest BCUT2D eigenvalue weighted by atomic mass is 9.86. The Kier molecular flexibility index (Phi) is 6.13. The van der Waals surface area contributed by atoms with Gasteiger partial charge in [-0.05, 0) is 24.6 Å². The molecule has 1 aromatic carbocycles. The fourth-order valence-corrected chi connectivity index (χ4v) is 4.40. The first-order valence-electron chi connectivity index (χ1n) is 9.95. The SMILES string of the molecule is CCN1C[C@]2(CC1=O)CN(Cc1ccc(OC)cc1)CCN(C(=O)N(C)C)C2. The third-order valence-corrected chi connectivity index (χ3v) is 5.78. The van der Waals surface area contributed by atoms with Crippen LogP contribution in [-0.4, -0.2) is 92.0 Å². The molecule has 0 unspecified atom stereocenters. The number of ether oxygens (including phenoxy) is 1. The molecule has 7 nitrogen and oxygen atoms in total. The Morgan fingerprint density at radius 3 is 2.43 bits per heavy atom. The van der Waals surface area contributed by atoms with Crippen LogP contribution >= 0.6 is 0 Å². The molecule has 2 heterocycles. The lowest BCUT2D eigenvalue weighted by Gasteiger charge is -2.34. The molecular formula is C21H32N4O3. The second kappa shape index (κ2) is 8.39. The maximum absolute atomic E-state index is 12.7. The fourth-order valence-electron chi connectivity index (χ4n) is 4.40. The van der Waals surface area contributed by atoms with Gasteiger partial charge in [-0.2, -0.15) is 0 Å². The van der Waals surface area contributed by atoms with Crippen LogP contribution in [0, 0.1) is 5.41 Å². The number of amides is 3. The molecule has 1 atom stereocenters. The highest BCUT2D eigenvalue weighted by atomic mass is 16.5. The summed E-state index contributed by atoms with van der Waals surface area (Å²) >= 11 is 0. The van der Waals surface area contributed by atoms with Gasteiger partial charge in [0.25, 0.3) is 0 Å². The van der Waals surface area contributed by atoms with E-state index in [2.05, 4.69) is 17.0 Å². The molecule has 0 N–H and O–H groups in total. The molecule has 7 heteroatoms. The zero-order valence-corrected chi connectivity index (χ0v) is 17.5. The molecule has 3 amide bonds. The van der Waals surface area contributed by atoms with Gasteiger partial charge >= 0.3 is 6.03 Å². The minimum Gasteiger partial charge on any atom is -0.497 e. The van der Waals surface area contributed by atoms with Crippen LogP contribution in [0.25, 0.3) is 0 Å². The number of carbonyl (C=O) groups is 2. The van der Waals surface area contributed by atoms with Gasteiger partial charge in [0.1, 0.15) is 5.75 Å². The second-order valence-corrected chi connectivity index (χ2v) is 8.24. The smallest absolute Gasteiger partial charge is 0.319 e. The van der Waals surface area contributed by atoms with Gasteiger partial charge in [0.2, 0.25) is 5.91 Å². The van der Waals surface area contributed by atoms with Crippen LogP contribution in [-0.2, 0) is 11.3 Å². The van der Waals surface area contributed by atoms with E-state index in [0.717, 1.165) is 38.5 Å². The molecule has 2 aliphatic heterocycles. The number of hydrogen-bond acceptors (Lipinski definition) is 4. The largest absolute Gasteiger partial charge is 0.497 e. The van der Waals surface area contributed by atoms with E-state index in [9.17, 15) is 9.59 Å². The molecular weight excluding hydrogens is 356 g/mol. The highest BCUT2D eigenvalue weighted by Crippen LogP contribution is 2.35. The predicted octanol–water partition coefficient (Wildman–Crippen LogP) is 1.73. The van der Waals surface area contributed by atoms with E-state index >= 15 is 0 Å². The number of benzene rings is 1. The standard InChI is InChI=1S/C21H32N4O3/c1-5-24-15-21(12-19(24)26)14-23(10-11-25(16-21)20(27)22(2)3)13-17-6-8-18(28-4)9-7-17/h6-9H,5,10-16H2,1-4H3/t21-/m0/s1. The van der Waals surface area contributed by atoms with Crippen LogP contribution < -0.4 is 4.74 Å². The van der Waals surface area contributed by atoms with Crippen molar-refractivity contribution in [3.63, 3.8) is 0 Å². The number of rotatable bonds is 4. The third-order valence-electron chi connectivity index (χ3n) is 5.78. The Morgan fingerprint density at radius 2 is 1.86 bits per heavy atom. The van der Waals surface area contributed by atoms with Crippen molar-refractivity contribution in [1.29, 1.82) is 0 Å². The summed E-state index contributed by atoms with van der Waals surface area (Å²) in [6, 6.07) is 8.13. The molecule has 0 aliphatic carbocycles. The van der Waals surface area contributed by atoms with Crippen molar-refractivity contribution in [2.45, 2.75) is 19.9 Å². The molecule has 28 heavy (non-hydrogen) atoms. The quantitative estimate of drug-likeness (QED) is 0.788. The molecule has 2 saturated heterocycles. The van der Waals surface area contributed by atoms with Crippen molar-refractivity contribution < 1.29 is 14.3 Å². The van der Waals surface area contributed by atoms with Crippen LogP contribution in [0.4, 0.5) is 4.79 Å². The average Bonchev–Trinajstić information content (AvgIpc) is 2.88. The van der Waals surface area contributed by atoms with Gasteiger partial charge in [-0.3, -0.25) is 9.69 Å². The van der Waals surface area contributed by atoms with E-state index < -0.39 is 0 Å². The third kappa shape index (κ3) is 4.41. The van der Waals surface area contributed by atoms with Crippen molar-refractivity contribution in [2.24, 2.45) is 5.41 Å². The summed E-state index contributed by atoms with van der Waals surface area (Å²) in [6.45, 7) is 7.19. The minimum atomic E-state index is -0.207. The predicted molar refractivity (Wildman–Crippen MR) is 108 cm³/mol. The summed E-state index contributed by atoms with van der Waals surface area (Å²) in [7, 11) is 5.24. The van der Waals surface area contributed by atoms with Crippen LogP contribution in [0.1, 0.15) is 18.9 Å². The molecule has 0 radical (unpaired) electrons. The van der Waals surface area contributed by atoms with E-state index in [1.54, 1.807) is 26.1 Å². The lowest BCUT2D eigenvalue weighted by Crippen LogP contribution is -2.47. The Bertz CT molecular complexity index is 706. The number of hydrogen-bond donors (Lipinski definition) is 0. The lowest BCUT2D eigenvalue weighted by molar-refractivity contribution is -0.127. The first-order valence-corrected chi connectivity index (χ1v) is 9.95. The first kappa shape index (κ1) is 20.5. The summed E-state index contributed by atoms with van der Waals surface area (Å²) < 4.78 is 5.25. The van der Waals surface area contributed by atoms with Crippen LogP contribution in [0.5, 0.6) is 5.75 Å². The van der Waals surface area contributed by atoms with E-state index in [4.69, 9.17) is 4.74 Å². The Hall–Kier alpha value is -2.28. The zero-order chi connectivity index (χ0) is 20.3. The summed E-state index contributed by atoms with van der Waals surface area (Å²) in [5.74, 6) is 1.05.